The highest BCUT2D eigenvalue weighted by Crippen LogP contribution is 2.35. The van der Waals surface area contributed by atoms with Gasteiger partial charge in [-0.1, -0.05) is 17.7 Å². The quantitative estimate of drug-likeness (QED) is 0.460. The lowest BCUT2D eigenvalue weighted by Crippen LogP contribution is -2.47. The number of pyridine rings is 1. The molecule has 1 aliphatic carbocycles. The molecule has 36 heavy (non-hydrogen) atoms. The number of carbonyl (C=O) groups excluding carboxylic acids is 2. The minimum absolute atomic E-state index is 0.164. The summed E-state index contributed by atoms with van der Waals surface area (Å²) in [6, 6.07) is 5.01. The molecular formula is C25H27ClF2N4O4. The van der Waals surface area contributed by atoms with Crippen LogP contribution in [0.25, 0.3) is 5.65 Å². The Balaban J connectivity index is 1.51. The molecule has 3 aromatic rings. The monoisotopic (exact) mass is 520 g/mol. The van der Waals surface area contributed by atoms with Crippen LogP contribution >= 0.6 is 11.6 Å². The number of aryl methyl sites for hydroxylation is 1. The third kappa shape index (κ3) is 5.70. The van der Waals surface area contributed by atoms with Crippen LogP contribution in [0.5, 0.6) is 5.75 Å². The molecule has 0 radical (unpaired) electrons. The zero-order chi connectivity index (χ0) is 26.3. The molecule has 0 atom stereocenters. The van der Waals surface area contributed by atoms with Crippen molar-refractivity contribution in [3.63, 3.8) is 0 Å². The third-order valence-corrected chi connectivity index (χ3v) is 5.89. The zero-order valence-corrected chi connectivity index (χ0v) is 21.1. The Morgan fingerprint density at radius 3 is 2.50 bits per heavy atom. The number of aromatic nitrogens is 2. The summed E-state index contributed by atoms with van der Waals surface area (Å²) < 4.78 is 40.5. The van der Waals surface area contributed by atoms with Crippen molar-refractivity contribution in [3.05, 3.63) is 64.1 Å². The highest BCUT2D eigenvalue weighted by Gasteiger charge is 2.45. The lowest BCUT2D eigenvalue weighted by molar-refractivity contribution is 0.0493. The van der Waals surface area contributed by atoms with Gasteiger partial charge in [0.05, 0.1) is 21.8 Å². The first-order chi connectivity index (χ1) is 16.9. The van der Waals surface area contributed by atoms with Gasteiger partial charge in [-0.2, -0.15) is 0 Å². The smallest absolute Gasteiger partial charge is 0.408 e. The summed E-state index contributed by atoms with van der Waals surface area (Å²) in [5.74, 6) is -1.73. The summed E-state index contributed by atoms with van der Waals surface area (Å²) in [6.07, 6.45) is 2.37. The van der Waals surface area contributed by atoms with Gasteiger partial charge in [-0.25, -0.2) is 18.6 Å². The average molecular weight is 521 g/mol. The highest BCUT2D eigenvalue weighted by molar-refractivity contribution is 6.30. The van der Waals surface area contributed by atoms with Gasteiger partial charge in [-0.3, -0.25) is 9.20 Å². The molecule has 2 aromatic heterocycles. The van der Waals surface area contributed by atoms with Gasteiger partial charge in [0.15, 0.2) is 11.4 Å². The predicted molar refractivity (Wildman–Crippen MR) is 129 cm³/mol. The lowest BCUT2D eigenvalue weighted by Gasteiger charge is -2.23. The van der Waals surface area contributed by atoms with Crippen molar-refractivity contribution in [3.8, 4) is 5.75 Å². The number of halogens is 3. The van der Waals surface area contributed by atoms with Gasteiger partial charge in [-0.05, 0) is 52.7 Å². The van der Waals surface area contributed by atoms with Crippen LogP contribution in [0.2, 0.25) is 5.02 Å². The number of ether oxygens (including phenoxy) is 2. The number of hydrogen-bond donors (Lipinski definition) is 2. The van der Waals surface area contributed by atoms with Gasteiger partial charge in [-0.15, -0.1) is 0 Å². The Labute approximate surface area is 211 Å². The first-order valence-corrected chi connectivity index (χ1v) is 11.8. The van der Waals surface area contributed by atoms with Crippen molar-refractivity contribution in [2.45, 2.75) is 58.3 Å². The molecule has 2 heterocycles. The molecule has 1 aliphatic rings. The average Bonchev–Trinajstić information content (AvgIpc) is 3.43. The SMILES string of the molecule is Cc1nc2c(OCc3c(F)cccc3F)cc(Cl)cn2c1C(=O)NCC1(NC(=O)OC(C)(C)C)CC1. The number of amides is 2. The zero-order valence-electron chi connectivity index (χ0n) is 20.4. The number of hydrogen-bond acceptors (Lipinski definition) is 5. The van der Waals surface area contributed by atoms with Crippen molar-refractivity contribution in [2.24, 2.45) is 0 Å². The van der Waals surface area contributed by atoms with E-state index in [9.17, 15) is 18.4 Å². The topological polar surface area (TPSA) is 94.0 Å². The summed E-state index contributed by atoms with van der Waals surface area (Å²) in [5, 5.41) is 5.92. The maximum atomic E-state index is 14.0. The van der Waals surface area contributed by atoms with Crippen molar-refractivity contribution < 1.29 is 27.8 Å². The molecule has 0 saturated heterocycles. The van der Waals surface area contributed by atoms with E-state index in [2.05, 4.69) is 15.6 Å². The van der Waals surface area contributed by atoms with E-state index >= 15 is 0 Å². The van der Waals surface area contributed by atoms with E-state index in [1.54, 1.807) is 27.7 Å². The Hall–Kier alpha value is -3.40. The van der Waals surface area contributed by atoms with Crippen LogP contribution in [0.15, 0.2) is 30.5 Å². The molecule has 1 fully saturated rings. The first-order valence-electron chi connectivity index (χ1n) is 11.4. The van der Waals surface area contributed by atoms with E-state index in [1.165, 1.54) is 22.7 Å². The second kappa shape index (κ2) is 9.57. The highest BCUT2D eigenvalue weighted by atomic mass is 35.5. The normalized spacial score (nSPS) is 14.4. The standard InChI is InChI=1S/C25H27ClF2N4O4/c1-14-20(22(33)29-13-25(8-9-25)31-23(34)36-24(2,3)4)32-11-15(26)10-19(21(32)30-14)35-12-16-17(27)6-5-7-18(16)28/h5-7,10-11H,8-9,12-13H2,1-4H3,(H,29,33)(H,31,34). The minimum atomic E-state index is -0.735. The molecule has 1 saturated carbocycles. The Bertz CT molecular complexity index is 1310. The van der Waals surface area contributed by atoms with Crippen LogP contribution in [0.3, 0.4) is 0 Å². The Morgan fingerprint density at radius 2 is 1.89 bits per heavy atom. The molecule has 0 spiro atoms. The number of alkyl carbamates (subject to hydrolysis) is 1. The number of imidazole rings is 1. The van der Waals surface area contributed by atoms with Gasteiger partial charge in [0.1, 0.15) is 29.5 Å². The van der Waals surface area contributed by atoms with Crippen LogP contribution < -0.4 is 15.4 Å². The van der Waals surface area contributed by atoms with Crippen molar-refractivity contribution in [1.82, 2.24) is 20.0 Å². The van der Waals surface area contributed by atoms with Crippen LogP contribution in [0.4, 0.5) is 13.6 Å². The van der Waals surface area contributed by atoms with E-state index in [-0.39, 0.29) is 40.8 Å². The van der Waals surface area contributed by atoms with E-state index in [0.29, 0.717) is 18.5 Å². The fourth-order valence-electron chi connectivity index (χ4n) is 3.75. The van der Waals surface area contributed by atoms with Crippen molar-refractivity contribution in [2.75, 3.05) is 6.54 Å². The Kier molecular flexibility index (Phi) is 6.83. The summed E-state index contributed by atoms with van der Waals surface area (Å²) >= 11 is 6.25. The summed E-state index contributed by atoms with van der Waals surface area (Å²) in [7, 11) is 0. The Morgan fingerprint density at radius 1 is 1.22 bits per heavy atom. The molecule has 0 unspecified atom stereocenters. The van der Waals surface area contributed by atoms with Gasteiger partial charge < -0.3 is 20.1 Å². The molecule has 11 heteroatoms. The molecule has 192 valence electrons. The van der Waals surface area contributed by atoms with Crippen LogP contribution in [-0.4, -0.2) is 39.1 Å². The second-order valence-corrected chi connectivity index (χ2v) is 10.3. The number of nitrogens with zero attached hydrogens (tertiary/aromatic N) is 2. The van der Waals surface area contributed by atoms with Gasteiger partial charge in [0, 0.05) is 18.8 Å². The molecule has 2 amide bonds. The van der Waals surface area contributed by atoms with Gasteiger partial charge in [0.2, 0.25) is 0 Å². The number of benzene rings is 1. The van der Waals surface area contributed by atoms with Gasteiger partial charge in [0.25, 0.3) is 5.91 Å². The van der Waals surface area contributed by atoms with Crippen LogP contribution in [0, 0.1) is 18.6 Å². The lowest BCUT2D eigenvalue weighted by atomic mass is 10.2. The minimum Gasteiger partial charge on any atom is -0.485 e. The molecule has 2 N–H and O–H groups in total. The maximum Gasteiger partial charge on any atom is 0.408 e. The van der Waals surface area contributed by atoms with E-state index in [1.807, 2.05) is 0 Å². The van der Waals surface area contributed by atoms with Gasteiger partial charge >= 0.3 is 6.09 Å². The first kappa shape index (κ1) is 25.7. The summed E-state index contributed by atoms with van der Waals surface area (Å²) in [6.45, 7) is 6.79. The van der Waals surface area contributed by atoms with Crippen LogP contribution in [0.1, 0.15) is 55.4 Å². The molecule has 0 bridgehead atoms. The van der Waals surface area contributed by atoms with E-state index in [0.717, 1.165) is 12.1 Å². The predicted octanol–water partition coefficient (Wildman–Crippen LogP) is 4.94. The molecular weight excluding hydrogens is 494 g/mol. The third-order valence-electron chi connectivity index (χ3n) is 5.68. The number of carbonyl (C=O) groups is 2. The molecule has 1 aromatic carbocycles. The number of nitrogens with one attached hydrogen (secondary N) is 2. The molecule has 0 aliphatic heterocycles. The van der Waals surface area contributed by atoms with E-state index < -0.39 is 34.8 Å². The summed E-state index contributed by atoms with van der Waals surface area (Å²) in [4.78, 5) is 29.7. The summed E-state index contributed by atoms with van der Waals surface area (Å²) in [5.41, 5.74) is -0.531. The molecule has 4 rings (SSSR count). The van der Waals surface area contributed by atoms with Crippen molar-refractivity contribution >= 4 is 29.2 Å². The van der Waals surface area contributed by atoms with E-state index in [4.69, 9.17) is 21.1 Å². The number of rotatable bonds is 7. The largest absolute Gasteiger partial charge is 0.485 e. The molecule has 8 nitrogen and oxygen atoms in total. The van der Waals surface area contributed by atoms with Crippen LogP contribution in [-0.2, 0) is 11.3 Å². The second-order valence-electron chi connectivity index (χ2n) is 9.84. The maximum absolute atomic E-state index is 14.0. The fourth-order valence-corrected chi connectivity index (χ4v) is 3.94. The fraction of sp³-hybridized carbons (Fsp3) is 0.400. The van der Waals surface area contributed by atoms with Crippen molar-refractivity contribution in [1.29, 1.82) is 0 Å². The number of fused-ring (bicyclic) bond motifs is 1.